The highest BCUT2D eigenvalue weighted by molar-refractivity contribution is 8.26. The van der Waals surface area contributed by atoms with Crippen LogP contribution in [0.5, 0.6) is 17.2 Å². The number of rotatable bonds is 9. The summed E-state index contributed by atoms with van der Waals surface area (Å²) >= 11 is 7.88. The lowest BCUT2D eigenvalue weighted by Crippen LogP contribution is -2.44. The Kier molecular flexibility index (Phi) is 8.02. The summed E-state index contributed by atoms with van der Waals surface area (Å²) in [4.78, 5) is 26.0. The maximum Gasteiger partial charge on any atom is 0.326 e. The van der Waals surface area contributed by atoms with Crippen LogP contribution in [0.1, 0.15) is 12.0 Å². The van der Waals surface area contributed by atoms with Gasteiger partial charge >= 0.3 is 5.97 Å². The first-order valence-electron chi connectivity index (χ1n) is 8.16. The molecule has 0 saturated carbocycles. The van der Waals surface area contributed by atoms with Gasteiger partial charge < -0.3 is 19.3 Å². The Hall–Kier alpha value is -1.91. The summed E-state index contributed by atoms with van der Waals surface area (Å²) in [7, 11) is 4.51. The van der Waals surface area contributed by atoms with Crippen molar-refractivity contribution >= 4 is 58.0 Å². The van der Waals surface area contributed by atoms with E-state index in [4.69, 9.17) is 26.4 Å². The summed E-state index contributed by atoms with van der Waals surface area (Å²) in [5.41, 5.74) is 0.644. The smallest absolute Gasteiger partial charge is 0.326 e. The molecular formula is C18H21NO6S3. The molecule has 2 rings (SSSR count). The Morgan fingerprint density at radius 2 is 1.89 bits per heavy atom. The molecule has 7 nitrogen and oxygen atoms in total. The second kappa shape index (κ2) is 10.0. The van der Waals surface area contributed by atoms with E-state index in [-0.39, 0.29) is 4.32 Å². The predicted octanol–water partition coefficient (Wildman–Crippen LogP) is 3.12. The number of carbonyl (C=O) groups excluding carboxylic acids is 1. The van der Waals surface area contributed by atoms with Crippen molar-refractivity contribution < 1.29 is 28.9 Å². The van der Waals surface area contributed by atoms with Crippen LogP contribution in [-0.4, -0.2) is 65.6 Å². The highest BCUT2D eigenvalue weighted by Crippen LogP contribution is 2.40. The van der Waals surface area contributed by atoms with Gasteiger partial charge in [-0.1, -0.05) is 24.0 Å². The number of carbonyl (C=O) groups is 2. The molecule has 1 aliphatic rings. The second-order valence-electron chi connectivity index (χ2n) is 5.65. The Morgan fingerprint density at radius 1 is 1.29 bits per heavy atom. The number of thiocarbonyl (C=S) groups is 1. The fraction of sp³-hybridized carbons (Fsp3) is 0.389. The van der Waals surface area contributed by atoms with Gasteiger partial charge in [0.15, 0.2) is 11.5 Å². The maximum atomic E-state index is 12.9. The number of thioether (sulfide) groups is 2. The number of hydrogen-bond acceptors (Lipinski definition) is 8. The molecule has 0 unspecified atom stereocenters. The lowest BCUT2D eigenvalue weighted by Gasteiger charge is -2.22. The Labute approximate surface area is 177 Å². The van der Waals surface area contributed by atoms with Crippen LogP contribution in [0.25, 0.3) is 6.08 Å². The van der Waals surface area contributed by atoms with Gasteiger partial charge in [-0.15, -0.1) is 0 Å². The van der Waals surface area contributed by atoms with Gasteiger partial charge in [0.2, 0.25) is 5.75 Å². The quantitative estimate of drug-likeness (QED) is 0.457. The van der Waals surface area contributed by atoms with E-state index in [0.717, 1.165) is 11.8 Å². The topological polar surface area (TPSA) is 85.3 Å². The van der Waals surface area contributed by atoms with E-state index in [1.54, 1.807) is 18.2 Å². The first-order valence-corrected chi connectivity index (χ1v) is 10.8. The van der Waals surface area contributed by atoms with Crippen molar-refractivity contribution in [2.45, 2.75) is 12.5 Å². The number of nitrogens with zero attached hydrogens (tertiary/aromatic N) is 1. The summed E-state index contributed by atoms with van der Waals surface area (Å²) < 4.78 is 16.2. The van der Waals surface area contributed by atoms with E-state index in [0.29, 0.717) is 39.9 Å². The van der Waals surface area contributed by atoms with Gasteiger partial charge in [0.25, 0.3) is 5.91 Å². The van der Waals surface area contributed by atoms with Crippen molar-refractivity contribution in [1.82, 2.24) is 4.90 Å². The van der Waals surface area contributed by atoms with Gasteiger partial charge in [-0.3, -0.25) is 9.69 Å². The third-order valence-corrected chi connectivity index (χ3v) is 5.97. The third-order valence-electron chi connectivity index (χ3n) is 4.00. The summed E-state index contributed by atoms with van der Waals surface area (Å²) in [5, 5.41) is 9.53. The van der Waals surface area contributed by atoms with E-state index >= 15 is 0 Å². The number of methoxy groups -OCH3 is 3. The molecule has 1 aromatic rings. The molecule has 1 atom stereocenters. The van der Waals surface area contributed by atoms with Gasteiger partial charge in [0.05, 0.1) is 26.2 Å². The third kappa shape index (κ3) is 4.73. The fourth-order valence-electron chi connectivity index (χ4n) is 2.68. The number of hydrogen-bond donors (Lipinski definition) is 1. The monoisotopic (exact) mass is 443 g/mol. The highest BCUT2D eigenvalue weighted by atomic mass is 32.2. The van der Waals surface area contributed by atoms with Gasteiger partial charge in [-0.05, 0) is 42.2 Å². The van der Waals surface area contributed by atoms with Gasteiger partial charge in [0, 0.05) is 0 Å². The van der Waals surface area contributed by atoms with Crippen LogP contribution >= 0.6 is 35.7 Å². The molecule has 152 valence electrons. The number of carboxylic acids is 1. The lowest BCUT2D eigenvalue weighted by atomic mass is 10.1. The first-order chi connectivity index (χ1) is 13.4. The second-order valence-corrected chi connectivity index (χ2v) is 8.31. The van der Waals surface area contributed by atoms with Crippen LogP contribution in [0, 0.1) is 0 Å². The molecule has 1 heterocycles. The van der Waals surface area contributed by atoms with Crippen LogP contribution in [0.2, 0.25) is 0 Å². The Bertz CT molecular complexity index is 786. The number of ether oxygens (including phenoxy) is 3. The van der Waals surface area contributed by atoms with Crippen molar-refractivity contribution in [2.75, 3.05) is 33.3 Å². The minimum atomic E-state index is -1.07. The minimum absolute atomic E-state index is 0.234. The summed E-state index contributed by atoms with van der Waals surface area (Å²) in [6, 6.07) is 2.43. The molecule has 1 N–H and O–H groups in total. The van der Waals surface area contributed by atoms with Gasteiger partial charge in [-0.25, -0.2) is 4.79 Å². The summed E-state index contributed by atoms with van der Waals surface area (Å²) in [5.74, 6) is 0.466. The SMILES string of the molecule is COc1cc(/C=C2\SC(=S)N([C@H](CCSC)C(=O)O)C2=O)cc(OC)c1OC. The molecule has 1 saturated heterocycles. The van der Waals surface area contributed by atoms with Crippen LogP contribution in [0.15, 0.2) is 17.0 Å². The van der Waals surface area contributed by atoms with Crippen LogP contribution in [0.3, 0.4) is 0 Å². The van der Waals surface area contributed by atoms with Gasteiger partial charge in [-0.2, -0.15) is 11.8 Å². The van der Waals surface area contributed by atoms with Crippen LogP contribution in [-0.2, 0) is 9.59 Å². The van der Waals surface area contributed by atoms with E-state index in [1.165, 1.54) is 38.0 Å². The molecule has 0 radical (unpaired) electrons. The Balaban J connectivity index is 2.39. The van der Waals surface area contributed by atoms with Gasteiger partial charge in [0.1, 0.15) is 10.4 Å². The van der Waals surface area contributed by atoms with E-state index in [1.807, 2.05) is 6.26 Å². The molecule has 0 aliphatic carbocycles. The molecule has 10 heteroatoms. The molecule has 0 aromatic heterocycles. The van der Waals surface area contributed by atoms with Crippen molar-refractivity contribution in [3.8, 4) is 17.2 Å². The molecule has 0 bridgehead atoms. The number of benzene rings is 1. The first kappa shape index (κ1) is 22.4. The molecule has 1 aromatic carbocycles. The number of aliphatic carboxylic acids is 1. The molecule has 28 heavy (non-hydrogen) atoms. The molecule has 1 fully saturated rings. The largest absolute Gasteiger partial charge is 0.493 e. The number of carboxylic acid groups (broad SMARTS) is 1. The normalized spacial score (nSPS) is 16.4. The molecule has 1 amide bonds. The Morgan fingerprint density at radius 3 is 2.36 bits per heavy atom. The molecule has 1 aliphatic heterocycles. The fourth-order valence-corrected chi connectivity index (χ4v) is 4.49. The van der Waals surface area contributed by atoms with Crippen molar-refractivity contribution in [3.05, 3.63) is 22.6 Å². The maximum absolute atomic E-state index is 12.9. The predicted molar refractivity (Wildman–Crippen MR) is 116 cm³/mol. The van der Waals surface area contributed by atoms with Crippen molar-refractivity contribution in [1.29, 1.82) is 0 Å². The average molecular weight is 444 g/mol. The average Bonchev–Trinajstić information content (AvgIpc) is 2.94. The summed E-state index contributed by atoms with van der Waals surface area (Å²) in [6.07, 6.45) is 3.84. The molecular weight excluding hydrogens is 422 g/mol. The summed E-state index contributed by atoms with van der Waals surface area (Å²) in [6.45, 7) is 0. The number of amides is 1. The zero-order valence-electron chi connectivity index (χ0n) is 15.9. The zero-order valence-corrected chi connectivity index (χ0v) is 18.3. The highest BCUT2D eigenvalue weighted by Gasteiger charge is 2.40. The van der Waals surface area contributed by atoms with Crippen molar-refractivity contribution in [2.24, 2.45) is 0 Å². The zero-order chi connectivity index (χ0) is 20.8. The van der Waals surface area contributed by atoms with Crippen LogP contribution < -0.4 is 14.2 Å². The lowest BCUT2D eigenvalue weighted by molar-refractivity contribution is -0.145. The standard InChI is InChI=1S/C18H21NO6S3/c1-23-12-7-10(8-13(24-2)15(12)25-3)9-14-16(20)19(18(26)28-14)11(17(21)22)5-6-27-4/h7-9,11H,5-6H2,1-4H3,(H,21,22)/b14-9-/t11-/m1/s1. The minimum Gasteiger partial charge on any atom is -0.493 e. The molecule has 0 spiro atoms. The van der Waals surface area contributed by atoms with E-state index < -0.39 is 17.9 Å². The van der Waals surface area contributed by atoms with E-state index in [2.05, 4.69) is 0 Å². The van der Waals surface area contributed by atoms with Crippen LogP contribution in [0.4, 0.5) is 0 Å². The van der Waals surface area contributed by atoms with E-state index in [9.17, 15) is 14.7 Å². The van der Waals surface area contributed by atoms with Crippen molar-refractivity contribution in [3.63, 3.8) is 0 Å².